The molecule has 4 rings (SSSR count). The fourth-order valence-electron chi connectivity index (χ4n) is 4.60. The summed E-state index contributed by atoms with van der Waals surface area (Å²) in [5, 5.41) is 12.1. The summed E-state index contributed by atoms with van der Waals surface area (Å²) in [5.41, 5.74) is 0. The molecule has 166 valence electrons. The number of aromatic nitrogens is 3. The molecule has 1 aromatic rings. The number of guanidine groups is 1. The third-order valence-corrected chi connectivity index (χ3v) is 6.71. The van der Waals surface area contributed by atoms with E-state index in [4.69, 9.17) is 9.73 Å². The van der Waals surface area contributed by atoms with Crippen molar-refractivity contribution >= 4 is 11.9 Å². The quantitative estimate of drug-likeness (QED) is 0.583. The van der Waals surface area contributed by atoms with Crippen LogP contribution in [0, 0.1) is 12.8 Å². The number of ether oxygens (including phenoxy) is 1. The maximum Gasteiger partial charge on any atom is 0.225 e. The standard InChI is InChI=1S/C21H35N7O2/c1-16-24-25-19(26(16)2)15-22-21(23-18-5-3-4-6-18)28-9-7-17(8-10-28)20(29)27-11-13-30-14-12-27/h17-18H,3-15H2,1-2H3,(H,22,23). The Kier molecular flexibility index (Phi) is 6.86. The molecule has 0 radical (unpaired) electrons. The Bertz CT molecular complexity index is 743. The summed E-state index contributed by atoms with van der Waals surface area (Å²) < 4.78 is 7.37. The van der Waals surface area contributed by atoms with Crippen molar-refractivity contribution in [3.63, 3.8) is 0 Å². The molecular weight excluding hydrogens is 382 g/mol. The summed E-state index contributed by atoms with van der Waals surface area (Å²) in [7, 11) is 1.98. The zero-order valence-electron chi connectivity index (χ0n) is 18.3. The Balaban J connectivity index is 1.38. The Morgan fingerprint density at radius 3 is 2.40 bits per heavy atom. The van der Waals surface area contributed by atoms with Gasteiger partial charge in [0.2, 0.25) is 5.91 Å². The number of hydrogen-bond donors (Lipinski definition) is 1. The van der Waals surface area contributed by atoms with Crippen molar-refractivity contribution in [2.75, 3.05) is 39.4 Å². The number of rotatable bonds is 4. The van der Waals surface area contributed by atoms with Gasteiger partial charge in [-0.3, -0.25) is 4.79 Å². The zero-order valence-corrected chi connectivity index (χ0v) is 18.3. The van der Waals surface area contributed by atoms with Crippen LogP contribution in [0.3, 0.4) is 0 Å². The fraction of sp³-hybridized carbons (Fsp3) is 0.810. The fourth-order valence-corrected chi connectivity index (χ4v) is 4.60. The molecule has 1 N–H and O–H groups in total. The van der Waals surface area contributed by atoms with Crippen LogP contribution < -0.4 is 5.32 Å². The second-order valence-corrected chi connectivity index (χ2v) is 8.69. The van der Waals surface area contributed by atoms with Gasteiger partial charge in [-0.1, -0.05) is 12.8 Å². The Hall–Kier alpha value is -2.16. The lowest BCUT2D eigenvalue weighted by Gasteiger charge is -2.37. The first-order chi connectivity index (χ1) is 14.6. The third kappa shape index (κ3) is 4.94. The molecule has 0 atom stereocenters. The number of nitrogens with one attached hydrogen (secondary N) is 1. The molecule has 0 unspecified atom stereocenters. The lowest BCUT2D eigenvalue weighted by molar-refractivity contribution is -0.140. The van der Waals surface area contributed by atoms with Crippen LogP contribution in [0.2, 0.25) is 0 Å². The van der Waals surface area contributed by atoms with E-state index >= 15 is 0 Å². The first kappa shape index (κ1) is 21.1. The number of aliphatic imine (C=N–C) groups is 1. The number of carbonyl (C=O) groups excluding carboxylic acids is 1. The molecule has 9 nitrogen and oxygen atoms in total. The van der Waals surface area contributed by atoms with E-state index in [1.807, 2.05) is 23.4 Å². The van der Waals surface area contributed by atoms with Crippen molar-refractivity contribution in [3.8, 4) is 0 Å². The van der Waals surface area contributed by atoms with Gasteiger partial charge in [0.05, 0.1) is 13.2 Å². The number of hydrogen-bond acceptors (Lipinski definition) is 5. The first-order valence-corrected chi connectivity index (χ1v) is 11.4. The number of amides is 1. The Morgan fingerprint density at radius 2 is 1.77 bits per heavy atom. The first-order valence-electron chi connectivity index (χ1n) is 11.4. The van der Waals surface area contributed by atoms with E-state index in [0.29, 0.717) is 31.7 Å². The maximum absolute atomic E-state index is 12.8. The van der Waals surface area contributed by atoms with Crippen molar-refractivity contribution in [2.24, 2.45) is 18.0 Å². The highest BCUT2D eigenvalue weighted by Gasteiger charge is 2.31. The zero-order chi connectivity index (χ0) is 20.9. The molecule has 30 heavy (non-hydrogen) atoms. The van der Waals surface area contributed by atoms with E-state index in [-0.39, 0.29) is 5.92 Å². The number of carbonyl (C=O) groups is 1. The van der Waals surface area contributed by atoms with Gasteiger partial charge in [0.1, 0.15) is 12.4 Å². The van der Waals surface area contributed by atoms with E-state index in [0.717, 1.165) is 56.6 Å². The van der Waals surface area contributed by atoms with Gasteiger partial charge in [0.25, 0.3) is 0 Å². The summed E-state index contributed by atoms with van der Waals surface area (Å²) in [6.45, 7) is 6.96. The average Bonchev–Trinajstić information content (AvgIpc) is 3.42. The highest BCUT2D eigenvalue weighted by Crippen LogP contribution is 2.22. The highest BCUT2D eigenvalue weighted by molar-refractivity contribution is 5.82. The molecule has 1 amide bonds. The van der Waals surface area contributed by atoms with Gasteiger partial charge >= 0.3 is 0 Å². The Labute approximate surface area is 178 Å². The van der Waals surface area contributed by atoms with Gasteiger partial charge in [-0.2, -0.15) is 0 Å². The highest BCUT2D eigenvalue weighted by atomic mass is 16.5. The molecule has 9 heteroatoms. The van der Waals surface area contributed by atoms with Crippen molar-refractivity contribution in [1.29, 1.82) is 0 Å². The molecule has 0 bridgehead atoms. The van der Waals surface area contributed by atoms with Crippen molar-refractivity contribution < 1.29 is 9.53 Å². The lowest BCUT2D eigenvalue weighted by Crippen LogP contribution is -2.51. The number of likely N-dealkylation sites (tertiary alicyclic amines) is 1. The summed E-state index contributed by atoms with van der Waals surface area (Å²) in [6, 6.07) is 0.498. The summed E-state index contributed by atoms with van der Waals surface area (Å²) in [4.78, 5) is 22.1. The molecule has 3 fully saturated rings. The van der Waals surface area contributed by atoms with Crippen LogP contribution in [0.15, 0.2) is 4.99 Å². The number of aryl methyl sites for hydroxylation is 1. The molecule has 1 aromatic heterocycles. The van der Waals surface area contributed by atoms with Crippen molar-refractivity contribution in [2.45, 2.75) is 58.0 Å². The van der Waals surface area contributed by atoms with Crippen LogP contribution in [0.25, 0.3) is 0 Å². The van der Waals surface area contributed by atoms with Crippen LogP contribution in [0.4, 0.5) is 0 Å². The second kappa shape index (κ2) is 9.76. The van der Waals surface area contributed by atoms with Crippen molar-refractivity contribution in [1.82, 2.24) is 29.9 Å². The summed E-state index contributed by atoms with van der Waals surface area (Å²) in [5.74, 6) is 3.14. The summed E-state index contributed by atoms with van der Waals surface area (Å²) in [6.07, 6.45) is 6.73. The Morgan fingerprint density at radius 1 is 1.07 bits per heavy atom. The maximum atomic E-state index is 12.8. The minimum Gasteiger partial charge on any atom is -0.378 e. The SMILES string of the molecule is Cc1nnc(CN=C(NC2CCCC2)N2CCC(C(=O)N3CCOCC3)CC2)n1C. The van der Waals surface area contributed by atoms with Crippen LogP contribution >= 0.6 is 0 Å². The molecule has 0 spiro atoms. The topological polar surface area (TPSA) is 87.9 Å². The smallest absolute Gasteiger partial charge is 0.225 e. The van der Waals surface area contributed by atoms with Crippen LogP contribution in [0.1, 0.15) is 50.2 Å². The van der Waals surface area contributed by atoms with E-state index in [9.17, 15) is 4.79 Å². The number of morpholine rings is 1. The summed E-state index contributed by atoms with van der Waals surface area (Å²) >= 11 is 0. The number of nitrogens with zero attached hydrogens (tertiary/aromatic N) is 6. The molecule has 3 aliphatic rings. The van der Waals surface area contributed by atoms with Gasteiger partial charge in [0, 0.05) is 45.2 Å². The van der Waals surface area contributed by atoms with Crippen molar-refractivity contribution in [3.05, 3.63) is 11.6 Å². The van der Waals surface area contributed by atoms with E-state index in [1.54, 1.807) is 0 Å². The molecule has 1 saturated carbocycles. The minimum atomic E-state index is 0.119. The third-order valence-electron chi connectivity index (χ3n) is 6.71. The molecular formula is C21H35N7O2. The van der Waals surface area contributed by atoms with Crippen LogP contribution in [-0.4, -0.2) is 81.9 Å². The van der Waals surface area contributed by atoms with E-state index in [2.05, 4.69) is 20.4 Å². The second-order valence-electron chi connectivity index (χ2n) is 8.69. The van der Waals surface area contributed by atoms with E-state index < -0.39 is 0 Å². The average molecular weight is 418 g/mol. The molecule has 2 aliphatic heterocycles. The van der Waals surface area contributed by atoms with Crippen LogP contribution in [0.5, 0.6) is 0 Å². The minimum absolute atomic E-state index is 0.119. The molecule has 2 saturated heterocycles. The molecule has 1 aliphatic carbocycles. The predicted molar refractivity (Wildman–Crippen MR) is 114 cm³/mol. The molecule has 3 heterocycles. The lowest BCUT2D eigenvalue weighted by atomic mass is 9.95. The predicted octanol–water partition coefficient (Wildman–Crippen LogP) is 1.08. The van der Waals surface area contributed by atoms with Gasteiger partial charge in [-0.15, -0.1) is 10.2 Å². The van der Waals surface area contributed by atoms with Gasteiger partial charge in [-0.05, 0) is 32.6 Å². The molecule has 0 aromatic carbocycles. The normalized spacial score (nSPS) is 22.0. The van der Waals surface area contributed by atoms with E-state index in [1.165, 1.54) is 25.7 Å². The number of piperidine rings is 1. The van der Waals surface area contributed by atoms with Gasteiger partial charge in [0.15, 0.2) is 11.8 Å². The van der Waals surface area contributed by atoms with Gasteiger partial charge in [-0.25, -0.2) is 4.99 Å². The van der Waals surface area contributed by atoms with Crippen LogP contribution in [-0.2, 0) is 23.1 Å². The largest absolute Gasteiger partial charge is 0.378 e. The van der Waals surface area contributed by atoms with Gasteiger partial charge < -0.3 is 24.4 Å². The monoisotopic (exact) mass is 417 g/mol.